The summed E-state index contributed by atoms with van der Waals surface area (Å²) < 4.78 is 11.0. The van der Waals surface area contributed by atoms with Crippen molar-refractivity contribution in [2.45, 2.75) is 39.3 Å². The fourth-order valence-electron chi connectivity index (χ4n) is 1.88. The Balaban J connectivity index is 2.11. The molecular formula is C15H20N2O2. The maximum absolute atomic E-state index is 5.83. The zero-order chi connectivity index (χ0) is 13.9. The zero-order valence-electron chi connectivity index (χ0n) is 11.6. The third-order valence-electron chi connectivity index (χ3n) is 2.88. The van der Waals surface area contributed by atoms with Gasteiger partial charge >= 0.3 is 0 Å². The van der Waals surface area contributed by atoms with E-state index < -0.39 is 0 Å². The van der Waals surface area contributed by atoms with E-state index in [4.69, 9.17) is 15.0 Å². The number of hydrogen-bond donors (Lipinski definition) is 1. The quantitative estimate of drug-likeness (QED) is 0.918. The molecule has 0 radical (unpaired) electrons. The van der Waals surface area contributed by atoms with Crippen LogP contribution in [0.4, 0.5) is 0 Å². The molecule has 1 aromatic carbocycles. The second-order valence-corrected chi connectivity index (χ2v) is 5.52. The van der Waals surface area contributed by atoms with Crippen LogP contribution in [-0.4, -0.2) is 5.16 Å². The summed E-state index contributed by atoms with van der Waals surface area (Å²) in [6.07, 6.45) is 0. The highest BCUT2D eigenvalue weighted by molar-refractivity contribution is 5.38. The summed E-state index contributed by atoms with van der Waals surface area (Å²) in [6, 6.07) is 9.87. The average Bonchev–Trinajstić information content (AvgIpc) is 2.83. The highest BCUT2D eigenvalue weighted by Crippen LogP contribution is 2.31. The van der Waals surface area contributed by atoms with Gasteiger partial charge in [0, 0.05) is 12.6 Å². The molecule has 19 heavy (non-hydrogen) atoms. The largest absolute Gasteiger partial charge is 0.485 e. The summed E-state index contributed by atoms with van der Waals surface area (Å²) in [6.45, 7) is 7.23. The second kappa shape index (κ2) is 5.45. The van der Waals surface area contributed by atoms with Gasteiger partial charge in [0.05, 0.1) is 5.69 Å². The van der Waals surface area contributed by atoms with E-state index in [9.17, 15) is 0 Å². The zero-order valence-corrected chi connectivity index (χ0v) is 11.6. The number of nitrogens with two attached hydrogens (primary N) is 1. The molecule has 2 aromatic rings. The molecule has 0 amide bonds. The lowest BCUT2D eigenvalue weighted by molar-refractivity contribution is 0.244. The number of nitrogens with zero attached hydrogens (tertiary/aromatic N) is 1. The van der Waals surface area contributed by atoms with E-state index in [0.29, 0.717) is 18.9 Å². The third kappa shape index (κ3) is 3.35. The highest BCUT2D eigenvalue weighted by Gasteiger charge is 2.18. The number of para-hydroxylation sites is 1. The van der Waals surface area contributed by atoms with Crippen molar-refractivity contribution in [3.63, 3.8) is 0 Å². The van der Waals surface area contributed by atoms with Gasteiger partial charge in [0.2, 0.25) is 0 Å². The van der Waals surface area contributed by atoms with Gasteiger partial charge in [0.25, 0.3) is 0 Å². The van der Waals surface area contributed by atoms with Gasteiger partial charge in [0.15, 0.2) is 5.76 Å². The van der Waals surface area contributed by atoms with Gasteiger partial charge < -0.3 is 15.0 Å². The molecule has 0 saturated carbocycles. The first-order chi connectivity index (χ1) is 9.00. The number of benzene rings is 1. The standard InChI is InChI=1S/C15H20N2O2/c1-15(2,3)13-6-4-5-7-14(13)18-10-12-8-11(9-16)17-19-12/h4-8H,9-10,16H2,1-3H3. The molecule has 1 heterocycles. The first-order valence-corrected chi connectivity index (χ1v) is 6.37. The SMILES string of the molecule is CC(C)(C)c1ccccc1OCc1cc(CN)no1. The number of aromatic nitrogens is 1. The molecule has 0 fully saturated rings. The van der Waals surface area contributed by atoms with Crippen molar-refractivity contribution < 1.29 is 9.26 Å². The van der Waals surface area contributed by atoms with Crippen molar-refractivity contribution in [1.82, 2.24) is 5.16 Å². The summed E-state index contributed by atoms with van der Waals surface area (Å²) in [7, 11) is 0. The summed E-state index contributed by atoms with van der Waals surface area (Å²) in [5.41, 5.74) is 7.44. The van der Waals surface area contributed by atoms with Gasteiger partial charge in [-0.2, -0.15) is 0 Å². The lowest BCUT2D eigenvalue weighted by Gasteiger charge is -2.22. The summed E-state index contributed by atoms with van der Waals surface area (Å²) in [5.74, 6) is 1.56. The van der Waals surface area contributed by atoms with Crippen LogP contribution in [-0.2, 0) is 18.6 Å². The molecule has 2 N–H and O–H groups in total. The Morgan fingerprint density at radius 3 is 2.63 bits per heavy atom. The Bertz CT molecular complexity index is 541. The molecule has 0 bridgehead atoms. The van der Waals surface area contributed by atoms with E-state index in [1.807, 2.05) is 24.3 Å². The summed E-state index contributed by atoms with van der Waals surface area (Å²) in [5, 5.41) is 3.84. The predicted molar refractivity (Wildman–Crippen MR) is 73.9 cm³/mol. The van der Waals surface area contributed by atoms with Crippen LogP contribution in [0.15, 0.2) is 34.9 Å². The molecule has 1 aromatic heterocycles. The van der Waals surface area contributed by atoms with Crippen LogP contribution in [0.5, 0.6) is 5.75 Å². The minimum Gasteiger partial charge on any atom is -0.485 e. The molecule has 0 aliphatic heterocycles. The minimum absolute atomic E-state index is 0.0421. The van der Waals surface area contributed by atoms with Gasteiger partial charge in [-0.1, -0.05) is 44.1 Å². The van der Waals surface area contributed by atoms with E-state index in [0.717, 1.165) is 11.4 Å². The number of ether oxygens (including phenoxy) is 1. The van der Waals surface area contributed by atoms with E-state index in [2.05, 4.69) is 32.0 Å². The monoisotopic (exact) mass is 260 g/mol. The van der Waals surface area contributed by atoms with Crippen LogP contribution in [0.1, 0.15) is 37.8 Å². The lowest BCUT2D eigenvalue weighted by atomic mass is 9.86. The van der Waals surface area contributed by atoms with Crippen LogP contribution in [0.2, 0.25) is 0 Å². The van der Waals surface area contributed by atoms with E-state index >= 15 is 0 Å². The third-order valence-corrected chi connectivity index (χ3v) is 2.88. The van der Waals surface area contributed by atoms with Crippen molar-refractivity contribution >= 4 is 0 Å². The van der Waals surface area contributed by atoms with Gasteiger partial charge in [-0.3, -0.25) is 0 Å². The van der Waals surface area contributed by atoms with Gasteiger partial charge in [-0.05, 0) is 17.0 Å². The fraction of sp³-hybridized carbons (Fsp3) is 0.400. The Morgan fingerprint density at radius 2 is 2.00 bits per heavy atom. The van der Waals surface area contributed by atoms with Crippen LogP contribution >= 0.6 is 0 Å². The van der Waals surface area contributed by atoms with Crippen LogP contribution in [0.3, 0.4) is 0 Å². The molecule has 102 valence electrons. The second-order valence-electron chi connectivity index (χ2n) is 5.52. The van der Waals surface area contributed by atoms with E-state index in [1.165, 1.54) is 5.56 Å². The molecular weight excluding hydrogens is 240 g/mol. The van der Waals surface area contributed by atoms with E-state index in [-0.39, 0.29) is 5.41 Å². The van der Waals surface area contributed by atoms with Crippen molar-refractivity contribution in [2.75, 3.05) is 0 Å². The van der Waals surface area contributed by atoms with Crippen LogP contribution in [0.25, 0.3) is 0 Å². The van der Waals surface area contributed by atoms with Crippen molar-refractivity contribution in [2.24, 2.45) is 5.73 Å². The maximum Gasteiger partial charge on any atom is 0.174 e. The summed E-state index contributed by atoms with van der Waals surface area (Å²) in [4.78, 5) is 0. The Labute approximate surface area is 113 Å². The predicted octanol–water partition coefficient (Wildman–Crippen LogP) is 3.01. The normalized spacial score (nSPS) is 11.6. The first-order valence-electron chi connectivity index (χ1n) is 6.37. The van der Waals surface area contributed by atoms with Crippen LogP contribution in [0, 0.1) is 0 Å². The molecule has 0 spiro atoms. The van der Waals surface area contributed by atoms with E-state index in [1.54, 1.807) is 0 Å². The Hall–Kier alpha value is -1.81. The molecule has 0 atom stereocenters. The van der Waals surface area contributed by atoms with Crippen molar-refractivity contribution in [3.8, 4) is 5.75 Å². The minimum atomic E-state index is 0.0421. The van der Waals surface area contributed by atoms with Gasteiger partial charge in [0.1, 0.15) is 12.4 Å². The molecule has 0 saturated heterocycles. The lowest BCUT2D eigenvalue weighted by Crippen LogP contribution is -2.13. The first kappa shape index (κ1) is 13.6. The number of rotatable bonds is 4. The maximum atomic E-state index is 5.83. The van der Waals surface area contributed by atoms with Crippen LogP contribution < -0.4 is 10.5 Å². The fourth-order valence-corrected chi connectivity index (χ4v) is 1.88. The van der Waals surface area contributed by atoms with Gasteiger partial charge in [-0.15, -0.1) is 0 Å². The molecule has 0 aliphatic carbocycles. The van der Waals surface area contributed by atoms with Crippen molar-refractivity contribution in [1.29, 1.82) is 0 Å². The number of hydrogen-bond acceptors (Lipinski definition) is 4. The summed E-state index contributed by atoms with van der Waals surface area (Å²) >= 11 is 0. The molecule has 2 rings (SSSR count). The van der Waals surface area contributed by atoms with Crippen molar-refractivity contribution in [3.05, 3.63) is 47.3 Å². The Morgan fingerprint density at radius 1 is 1.26 bits per heavy atom. The molecule has 0 aliphatic rings. The topological polar surface area (TPSA) is 61.3 Å². The average molecular weight is 260 g/mol. The molecule has 0 unspecified atom stereocenters. The Kier molecular flexibility index (Phi) is 3.90. The molecule has 4 nitrogen and oxygen atoms in total. The molecule has 4 heteroatoms. The highest BCUT2D eigenvalue weighted by atomic mass is 16.5. The smallest absolute Gasteiger partial charge is 0.174 e. The van der Waals surface area contributed by atoms with Gasteiger partial charge in [-0.25, -0.2) is 0 Å².